The zero-order valence-electron chi connectivity index (χ0n) is 14.1. The third kappa shape index (κ3) is 3.09. The number of sulfonamides is 1. The van der Waals surface area contributed by atoms with Gasteiger partial charge >= 0.3 is 0 Å². The van der Waals surface area contributed by atoms with Crippen LogP contribution in [0, 0.1) is 25.2 Å². The van der Waals surface area contributed by atoms with E-state index in [1.807, 2.05) is 13.0 Å². The van der Waals surface area contributed by atoms with Crippen LogP contribution in [0.5, 0.6) is 0 Å². The molecule has 1 fully saturated rings. The number of nitrogens with zero attached hydrogens (tertiary/aromatic N) is 2. The van der Waals surface area contributed by atoms with Gasteiger partial charge in [-0.25, -0.2) is 8.42 Å². The van der Waals surface area contributed by atoms with Gasteiger partial charge in [0.1, 0.15) is 11.1 Å². The molecule has 1 N–H and O–H groups in total. The largest absolute Gasteiger partial charge is 0.274 e. The van der Waals surface area contributed by atoms with Crippen LogP contribution < -0.4 is 9.62 Å². The van der Waals surface area contributed by atoms with Crippen LogP contribution in [-0.4, -0.2) is 20.2 Å². The van der Waals surface area contributed by atoms with E-state index in [9.17, 15) is 23.3 Å². The minimum absolute atomic E-state index is 0.0204. The zero-order chi connectivity index (χ0) is 19.1. The summed E-state index contributed by atoms with van der Waals surface area (Å²) in [6.07, 6.45) is 0.322. The van der Waals surface area contributed by atoms with E-state index in [1.54, 1.807) is 6.92 Å². The number of rotatable bonds is 4. The number of nitriles is 1. The second-order valence-corrected chi connectivity index (χ2v) is 8.73. The SMILES string of the molecule is Cc1sc(NS(=O)(=O)c2ccc(N3C(=O)CCC3=O)cc2)c(C#N)c1C. The Labute approximate surface area is 154 Å². The maximum atomic E-state index is 12.6. The lowest BCUT2D eigenvalue weighted by atomic mass is 10.2. The summed E-state index contributed by atoms with van der Waals surface area (Å²) in [5.74, 6) is -0.598. The van der Waals surface area contributed by atoms with E-state index in [0.717, 1.165) is 15.3 Å². The highest BCUT2D eigenvalue weighted by molar-refractivity contribution is 7.93. The predicted octanol–water partition coefficient (Wildman–Crippen LogP) is 2.69. The van der Waals surface area contributed by atoms with Gasteiger partial charge in [0.2, 0.25) is 11.8 Å². The van der Waals surface area contributed by atoms with Crippen molar-refractivity contribution >= 4 is 43.9 Å². The van der Waals surface area contributed by atoms with Gasteiger partial charge in [-0.05, 0) is 43.7 Å². The van der Waals surface area contributed by atoms with E-state index < -0.39 is 10.0 Å². The average Bonchev–Trinajstić information content (AvgIpc) is 3.06. The molecule has 1 aromatic heterocycles. The molecule has 134 valence electrons. The van der Waals surface area contributed by atoms with Crippen molar-refractivity contribution in [2.45, 2.75) is 31.6 Å². The Kier molecular flexibility index (Phi) is 4.56. The fourth-order valence-electron chi connectivity index (χ4n) is 2.65. The van der Waals surface area contributed by atoms with Crippen LogP contribution in [0.15, 0.2) is 29.2 Å². The summed E-state index contributed by atoms with van der Waals surface area (Å²) in [7, 11) is -3.90. The summed E-state index contributed by atoms with van der Waals surface area (Å²) in [6.45, 7) is 3.58. The molecule has 1 aliphatic heterocycles. The van der Waals surface area contributed by atoms with Gasteiger partial charge in [0.25, 0.3) is 10.0 Å². The van der Waals surface area contributed by atoms with E-state index in [1.165, 1.54) is 35.6 Å². The number of hydrogen-bond donors (Lipinski definition) is 1. The first-order valence-corrected chi connectivity index (χ1v) is 10.0. The van der Waals surface area contributed by atoms with Crippen molar-refractivity contribution in [3.8, 4) is 6.07 Å². The Morgan fingerprint density at radius 2 is 1.69 bits per heavy atom. The molecular weight excluding hydrogens is 374 g/mol. The second-order valence-electron chi connectivity index (χ2n) is 5.82. The number of carbonyl (C=O) groups excluding carboxylic acids is 2. The fourth-order valence-corrected chi connectivity index (χ4v) is 4.97. The van der Waals surface area contributed by atoms with E-state index in [2.05, 4.69) is 4.72 Å². The molecule has 0 radical (unpaired) electrons. The first-order valence-electron chi connectivity index (χ1n) is 7.73. The van der Waals surface area contributed by atoms with Crippen molar-refractivity contribution in [3.05, 3.63) is 40.3 Å². The van der Waals surface area contributed by atoms with Crippen LogP contribution in [0.3, 0.4) is 0 Å². The summed E-state index contributed by atoms with van der Waals surface area (Å²) < 4.78 is 27.6. The van der Waals surface area contributed by atoms with Crippen LogP contribution in [0.1, 0.15) is 28.8 Å². The van der Waals surface area contributed by atoms with Gasteiger partial charge in [0.05, 0.1) is 16.1 Å². The van der Waals surface area contributed by atoms with Gasteiger partial charge in [0.15, 0.2) is 0 Å². The first kappa shape index (κ1) is 18.1. The van der Waals surface area contributed by atoms with Gasteiger partial charge in [-0.3, -0.25) is 19.2 Å². The molecule has 2 aromatic rings. The molecule has 1 aliphatic rings. The molecule has 0 unspecified atom stereocenters. The second kappa shape index (κ2) is 6.55. The summed E-state index contributed by atoms with van der Waals surface area (Å²) in [4.78, 5) is 25.4. The number of imide groups is 1. The lowest BCUT2D eigenvalue weighted by Gasteiger charge is -2.14. The average molecular weight is 389 g/mol. The third-order valence-electron chi connectivity index (χ3n) is 4.18. The smallest absolute Gasteiger partial charge is 0.262 e. The fraction of sp³-hybridized carbons (Fsp3) is 0.235. The monoisotopic (exact) mass is 389 g/mol. The Bertz CT molecular complexity index is 1030. The maximum Gasteiger partial charge on any atom is 0.262 e. The van der Waals surface area contributed by atoms with Gasteiger partial charge in [-0.15, -0.1) is 11.3 Å². The van der Waals surface area contributed by atoms with E-state index in [-0.39, 0.29) is 34.6 Å². The lowest BCUT2D eigenvalue weighted by Crippen LogP contribution is -2.28. The molecule has 26 heavy (non-hydrogen) atoms. The van der Waals surface area contributed by atoms with Gasteiger partial charge in [-0.2, -0.15) is 5.26 Å². The van der Waals surface area contributed by atoms with Crippen molar-refractivity contribution in [1.82, 2.24) is 0 Å². The highest BCUT2D eigenvalue weighted by Gasteiger charge is 2.30. The van der Waals surface area contributed by atoms with Crippen LogP contribution in [0.25, 0.3) is 0 Å². The van der Waals surface area contributed by atoms with E-state index in [0.29, 0.717) is 11.3 Å². The van der Waals surface area contributed by atoms with Gasteiger partial charge in [-0.1, -0.05) is 0 Å². The number of anilines is 2. The minimum atomic E-state index is -3.90. The molecular formula is C17H15N3O4S2. The van der Waals surface area contributed by atoms with Crippen molar-refractivity contribution in [2.75, 3.05) is 9.62 Å². The molecule has 9 heteroatoms. The quantitative estimate of drug-likeness (QED) is 0.809. The predicted molar refractivity (Wildman–Crippen MR) is 97.5 cm³/mol. The van der Waals surface area contributed by atoms with Crippen molar-refractivity contribution in [2.24, 2.45) is 0 Å². The molecule has 0 spiro atoms. The lowest BCUT2D eigenvalue weighted by molar-refractivity contribution is -0.121. The first-order chi connectivity index (χ1) is 12.2. The Hall–Kier alpha value is -2.70. The normalized spacial score (nSPS) is 14.6. The van der Waals surface area contributed by atoms with Crippen LogP contribution in [0.2, 0.25) is 0 Å². The Balaban J connectivity index is 1.89. The summed E-state index contributed by atoms with van der Waals surface area (Å²) in [6, 6.07) is 7.52. The van der Waals surface area contributed by atoms with Gasteiger partial charge < -0.3 is 0 Å². The molecule has 2 amide bonds. The minimum Gasteiger partial charge on any atom is -0.274 e. The summed E-state index contributed by atoms with van der Waals surface area (Å²) in [5.41, 5.74) is 1.40. The van der Waals surface area contributed by atoms with E-state index >= 15 is 0 Å². The number of aryl methyl sites for hydroxylation is 1. The molecule has 0 bridgehead atoms. The Morgan fingerprint density at radius 1 is 1.12 bits per heavy atom. The number of benzene rings is 1. The molecule has 0 atom stereocenters. The highest BCUT2D eigenvalue weighted by Crippen LogP contribution is 2.33. The van der Waals surface area contributed by atoms with Gasteiger partial charge in [0, 0.05) is 17.7 Å². The zero-order valence-corrected chi connectivity index (χ0v) is 15.7. The maximum absolute atomic E-state index is 12.6. The number of carbonyl (C=O) groups is 2. The van der Waals surface area contributed by atoms with Crippen molar-refractivity contribution < 1.29 is 18.0 Å². The molecule has 0 aliphatic carbocycles. The summed E-state index contributed by atoms with van der Waals surface area (Å²) in [5, 5.41) is 9.51. The third-order valence-corrected chi connectivity index (χ3v) is 6.80. The molecule has 3 rings (SSSR count). The topological polar surface area (TPSA) is 107 Å². The van der Waals surface area contributed by atoms with Crippen LogP contribution in [0.4, 0.5) is 10.7 Å². The highest BCUT2D eigenvalue weighted by atomic mass is 32.2. The van der Waals surface area contributed by atoms with Crippen LogP contribution >= 0.6 is 11.3 Å². The van der Waals surface area contributed by atoms with Crippen molar-refractivity contribution in [1.29, 1.82) is 5.26 Å². The van der Waals surface area contributed by atoms with Crippen molar-refractivity contribution in [3.63, 3.8) is 0 Å². The standard InChI is InChI=1S/C17H15N3O4S2/c1-10-11(2)25-17(14(10)9-18)19-26(23,24)13-5-3-12(4-6-13)20-15(21)7-8-16(20)22/h3-6,19H,7-8H2,1-2H3. The molecule has 1 aromatic carbocycles. The number of amides is 2. The Morgan fingerprint density at radius 3 is 2.23 bits per heavy atom. The van der Waals surface area contributed by atoms with Crippen LogP contribution in [-0.2, 0) is 19.6 Å². The number of nitrogens with one attached hydrogen (secondary N) is 1. The summed E-state index contributed by atoms with van der Waals surface area (Å²) >= 11 is 1.20. The number of hydrogen-bond acceptors (Lipinski definition) is 6. The molecule has 2 heterocycles. The number of thiophene rings is 1. The molecule has 7 nitrogen and oxygen atoms in total. The van der Waals surface area contributed by atoms with E-state index in [4.69, 9.17) is 0 Å². The molecule has 1 saturated heterocycles. The molecule has 0 saturated carbocycles.